The lowest BCUT2D eigenvalue weighted by molar-refractivity contribution is -0.130. The van der Waals surface area contributed by atoms with Crippen molar-refractivity contribution >= 4 is 11.9 Å². The lowest BCUT2D eigenvalue weighted by Crippen LogP contribution is -2.39. The van der Waals surface area contributed by atoms with E-state index >= 15 is 0 Å². The molecule has 2 aliphatic rings. The van der Waals surface area contributed by atoms with Crippen molar-refractivity contribution in [1.29, 1.82) is 0 Å². The van der Waals surface area contributed by atoms with Crippen LogP contribution in [0.2, 0.25) is 0 Å². The normalized spacial score (nSPS) is 21.8. The van der Waals surface area contributed by atoms with Crippen molar-refractivity contribution < 1.29 is 9.59 Å². The van der Waals surface area contributed by atoms with Gasteiger partial charge in [0.25, 0.3) is 5.91 Å². The van der Waals surface area contributed by atoms with E-state index in [4.69, 9.17) is 0 Å². The second kappa shape index (κ2) is 6.07. The van der Waals surface area contributed by atoms with Gasteiger partial charge in [-0.05, 0) is 37.0 Å². The molecule has 0 radical (unpaired) electrons. The van der Waals surface area contributed by atoms with Gasteiger partial charge in [0.05, 0.1) is 5.69 Å². The predicted molar refractivity (Wildman–Crippen MR) is 89.1 cm³/mol. The molecule has 2 aromatic rings. The van der Waals surface area contributed by atoms with Gasteiger partial charge in [0.2, 0.25) is 0 Å². The highest BCUT2D eigenvalue weighted by Crippen LogP contribution is 2.35. The summed E-state index contributed by atoms with van der Waals surface area (Å²) in [6, 6.07) is 14.3. The number of carbonyl (C=O) groups excluding carboxylic acids is 2. The topological polar surface area (TPSA) is 53.5 Å². The summed E-state index contributed by atoms with van der Waals surface area (Å²) in [7, 11) is 0. The minimum Gasteiger partial charge on any atom is -0.312 e. The maximum Gasteiger partial charge on any atom is 0.328 e. The standard InChI is InChI=1S/C19H19N3O2/c23-18-16-11-5-7-13-21(16)19(24)22(18)17(14-8-2-1-3-9-14)15-10-4-6-12-20-15/h1-4,6,8-10,12,16-17H,5,7,11,13H2/t16-,17-/m0/s1. The highest BCUT2D eigenvalue weighted by Gasteiger charge is 2.49. The molecule has 5 heteroatoms. The second-order valence-corrected chi connectivity index (χ2v) is 6.26. The van der Waals surface area contributed by atoms with Gasteiger partial charge >= 0.3 is 6.03 Å². The van der Waals surface area contributed by atoms with Crippen LogP contribution in [0.3, 0.4) is 0 Å². The number of hydrogen-bond acceptors (Lipinski definition) is 3. The molecule has 24 heavy (non-hydrogen) atoms. The molecule has 0 aliphatic carbocycles. The average Bonchev–Trinajstić information content (AvgIpc) is 2.90. The third-order valence-electron chi connectivity index (χ3n) is 4.82. The van der Waals surface area contributed by atoms with Gasteiger partial charge in [-0.3, -0.25) is 9.78 Å². The van der Waals surface area contributed by atoms with Gasteiger partial charge in [-0.15, -0.1) is 0 Å². The Labute approximate surface area is 140 Å². The molecule has 0 N–H and O–H groups in total. The van der Waals surface area contributed by atoms with Crippen molar-refractivity contribution in [2.45, 2.75) is 31.3 Å². The van der Waals surface area contributed by atoms with E-state index in [1.165, 1.54) is 4.90 Å². The number of nitrogens with zero attached hydrogens (tertiary/aromatic N) is 3. The molecule has 2 atom stereocenters. The summed E-state index contributed by atoms with van der Waals surface area (Å²) in [5, 5.41) is 0. The zero-order valence-corrected chi connectivity index (χ0v) is 13.3. The van der Waals surface area contributed by atoms with Gasteiger partial charge in [-0.1, -0.05) is 36.4 Å². The molecule has 1 aromatic heterocycles. The van der Waals surface area contributed by atoms with Gasteiger partial charge in [-0.25, -0.2) is 9.69 Å². The molecular formula is C19H19N3O2. The summed E-state index contributed by atoms with van der Waals surface area (Å²) < 4.78 is 0. The summed E-state index contributed by atoms with van der Waals surface area (Å²) in [4.78, 5) is 33.5. The van der Waals surface area contributed by atoms with Crippen molar-refractivity contribution in [2.75, 3.05) is 6.54 Å². The fraction of sp³-hybridized carbons (Fsp3) is 0.316. The van der Waals surface area contributed by atoms with E-state index in [0.717, 1.165) is 24.8 Å². The summed E-state index contributed by atoms with van der Waals surface area (Å²) in [6.07, 6.45) is 4.41. The minimum atomic E-state index is -0.474. The summed E-state index contributed by atoms with van der Waals surface area (Å²) in [6.45, 7) is 0.662. The highest BCUT2D eigenvalue weighted by molar-refractivity contribution is 6.05. The number of urea groups is 1. The van der Waals surface area contributed by atoms with Crippen LogP contribution in [0.25, 0.3) is 0 Å². The van der Waals surface area contributed by atoms with Crippen molar-refractivity contribution in [2.24, 2.45) is 0 Å². The van der Waals surface area contributed by atoms with Gasteiger partial charge in [0.15, 0.2) is 0 Å². The zero-order valence-electron chi connectivity index (χ0n) is 13.3. The Balaban J connectivity index is 1.79. The molecule has 3 amide bonds. The van der Waals surface area contributed by atoms with Crippen molar-refractivity contribution in [3.05, 3.63) is 66.0 Å². The molecule has 0 bridgehead atoms. The van der Waals surface area contributed by atoms with Crippen LogP contribution in [0.1, 0.15) is 36.6 Å². The summed E-state index contributed by atoms with van der Waals surface area (Å²) in [5.74, 6) is -0.0980. The number of amides is 3. The molecule has 5 nitrogen and oxygen atoms in total. The van der Waals surface area contributed by atoms with Crippen LogP contribution >= 0.6 is 0 Å². The fourth-order valence-corrected chi connectivity index (χ4v) is 3.67. The Morgan fingerprint density at radius 1 is 1.00 bits per heavy atom. The van der Waals surface area contributed by atoms with E-state index in [0.29, 0.717) is 12.2 Å². The molecule has 122 valence electrons. The van der Waals surface area contributed by atoms with Crippen LogP contribution in [-0.2, 0) is 4.79 Å². The summed E-state index contributed by atoms with van der Waals surface area (Å²) in [5.41, 5.74) is 1.61. The molecule has 4 rings (SSSR count). The van der Waals surface area contributed by atoms with Gasteiger partial charge < -0.3 is 4.90 Å². The van der Waals surface area contributed by atoms with Gasteiger partial charge in [-0.2, -0.15) is 0 Å². The first-order valence-corrected chi connectivity index (χ1v) is 8.37. The number of pyridine rings is 1. The SMILES string of the molecule is O=C1[C@@H]2CCCCN2C(=O)N1[C@@H](c1ccccc1)c1ccccn1. The van der Waals surface area contributed by atoms with Crippen LogP contribution in [-0.4, -0.2) is 39.3 Å². The highest BCUT2D eigenvalue weighted by atomic mass is 16.2. The maximum atomic E-state index is 13.0. The van der Waals surface area contributed by atoms with Crippen LogP contribution in [0, 0.1) is 0 Å². The van der Waals surface area contributed by atoms with E-state index in [1.807, 2.05) is 48.5 Å². The molecule has 0 unspecified atom stereocenters. The Bertz CT molecular complexity index is 684. The largest absolute Gasteiger partial charge is 0.328 e. The van der Waals surface area contributed by atoms with E-state index < -0.39 is 6.04 Å². The molecule has 0 spiro atoms. The third-order valence-corrected chi connectivity index (χ3v) is 4.82. The van der Waals surface area contributed by atoms with Crippen molar-refractivity contribution in [3.8, 4) is 0 Å². The smallest absolute Gasteiger partial charge is 0.312 e. The fourth-order valence-electron chi connectivity index (χ4n) is 3.67. The number of rotatable bonds is 3. The zero-order chi connectivity index (χ0) is 16.5. The van der Waals surface area contributed by atoms with Crippen LogP contribution in [0.4, 0.5) is 4.79 Å². The number of piperidine rings is 1. The molecule has 1 aromatic carbocycles. The molecule has 3 heterocycles. The first-order valence-electron chi connectivity index (χ1n) is 8.37. The first-order chi connectivity index (χ1) is 11.8. The lowest BCUT2D eigenvalue weighted by atomic mass is 10.00. The van der Waals surface area contributed by atoms with Crippen LogP contribution < -0.4 is 0 Å². The van der Waals surface area contributed by atoms with E-state index in [2.05, 4.69) is 4.98 Å². The molecule has 2 aliphatic heterocycles. The Kier molecular flexibility index (Phi) is 3.76. The number of aromatic nitrogens is 1. The van der Waals surface area contributed by atoms with Crippen molar-refractivity contribution in [1.82, 2.24) is 14.8 Å². The molecular weight excluding hydrogens is 302 g/mol. The van der Waals surface area contributed by atoms with Crippen LogP contribution in [0.15, 0.2) is 54.7 Å². The molecule has 2 saturated heterocycles. The average molecular weight is 321 g/mol. The van der Waals surface area contributed by atoms with E-state index in [1.54, 1.807) is 11.1 Å². The quantitative estimate of drug-likeness (QED) is 0.817. The Morgan fingerprint density at radius 3 is 2.50 bits per heavy atom. The third kappa shape index (κ3) is 2.37. The Hall–Kier alpha value is -2.69. The maximum absolute atomic E-state index is 13.0. The monoisotopic (exact) mass is 321 g/mol. The molecule has 2 fully saturated rings. The number of carbonyl (C=O) groups is 2. The number of fused-ring (bicyclic) bond motifs is 1. The van der Waals surface area contributed by atoms with Gasteiger partial charge in [0.1, 0.15) is 12.1 Å². The summed E-state index contributed by atoms with van der Waals surface area (Å²) >= 11 is 0. The van der Waals surface area contributed by atoms with E-state index in [-0.39, 0.29) is 18.0 Å². The minimum absolute atomic E-state index is 0.0980. The lowest BCUT2D eigenvalue weighted by Gasteiger charge is -2.27. The predicted octanol–water partition coefficient (Wildman–Crippen LogP) is 2.99. The second-order valence-electron chi connectivity index (χ2n) is 6.26. The molecule has 0 saturated carbocycles. The number of benzene rings is 1. The Morgan fingerprint density at radius 2 is 1.79 bits per heavy atom. The number of hydrogen-bond donors (Lipinski definition) is 0. The van der Waals surface area contributed by atoms with Crippen LogP contribution in [0.5, 0.6) is 0 Å². The van der Waals surface area contributed by atoms with Gasteiger partial charge in [0, 0.05) is 12.7 Å². The van der Waals surface area contributed by atoms with Crippen molar-refractivity contribution in [3.63, 3.8) is 0 Å². The first kappa shape index (κ1) is 14.9. The number of imide groups is 1. The van der Waals surface area contributed by atoms with E-state index in [9.17, 15) is 9.59 Å².